The van der Waals surface area contributed by atoms with Crippen molar-refractivity contribution in [3.8, 4) is 11.1 Å². The SMILES string of the molecule is Nc1ccc2ccccc2c1NN(c1ccccc1-c1ccccc1)c1cccc2ccccc12. The smallest absolute Gasteiger partial charge is 0.0853 e. The zero-order valence-corrected chi connectivity index (χ0v) is 19.2. The molecule has 0 spiro atoms. The third-order valence-electron chi connectivity index (χ3n) is 6.42. The molecule has 0 heterocycles. The standard InChI is InChI=1S/C32H25N3/c33-29-22-21-25-14-5-7-18-28(25)32(29)34-35(31-20-10-15-24-13-4-6-16-27(24)31)30-19-9-8-17-26(30)23-11-2-1-3-12-23/h1-22,34H,33H2. The van der Waals surface area contributed by atoms with E-state index in [0.717, 1.165) is 44.3 Å². The maximum Gasteiger partial charge on any atom is 0.0853 e. The molecule has 0 radical (unpaired) electrons. The van der Waals surface area contributed by atoms with Gasteiger partial charge in [-0.2, -0.15) is 0 Å². The molecule has 6 aromatic carbocycles. The largest absolute Gasteiger partial charge is 0.397 e. The van der Waals surface area contributed by atoms with Crippen LogP contribution in [0.25, 0.3) is 32.7 Å². The molecule has 0 amide bonds. The van der Waals surface area contributed by atoms with E-state index in [1.165, 1.54) is 5.39 Å². The van der Waals surface area contributed by atoms with Gasteiger partial charge in [-0.1, -0.05) is 115 Å². The number of para-hydroxylation sites is 1. The molecule has 3 nitrogen and oxygen atoms in total. The number of benzene rings is 6. The third kappa shape index (κ3) is 3.83. The lowest BCUT2D eigenvalue weighted by atomic mass is 10.0. The number of rotatable bonds is 5. The number of hydrazine groups is 1. The second kappa shape index (κ2) is 8.88. The van der Waals surface area contributed by atoms with Crippen LogP contribution >= 0.6 is 0 Å². The summed E-state index contributed by atoms with van der Waals surface area (Å²) in [6.07, 6.45) is 0. The summed E-state index contributed by atoms with van der Waals surface area (Å²) in [6.45, 7) is 0. The molecule has 0 atom stereocenters. The number of hydrogen-bond donors (Lipinski definition) is 2. The average Bonchev–Trinajstić information content (AvgIpc) is 2.93. The molecule has 0 aromatic heterocycles. The average molecular weight is 452 g/mol. The Morgan fingerprint density at radius 1 is 0.486 bits per heavy atom. The van der Waals surface area contributed by atoms with Crippen LogP contribution in [0.15, 0.2) is 133 Å². The van der Waals surface area contributed by atoms with E-state index in [-0.39, 0.29) is 0 Å². The minimum atomic E-state index is 0.700. The number of fused-ring (bicyclic) bond motifs is 2. The number of nitrogens with zero attached hydrogens (tertiary/aromatic N) is 1. The van der Waals surface area contributed by atoms with Crippen LogP contribution in [-0.2, 0) is 0 Å². The molecule has 0 saturated carbocycles. The number of nitrogen functional groups attached to an aromatic ring is 1. The summed E-state index contributed by atoms with van der Waals surface area (Å²) in [5.41, 5.74) is 16.3. The Balaban J connectivity index is 1.61. The molecule has 0 fully saturated rings. The predicted octanol–water partition coefficient (Wildman–Crippen LogP) is 8.41. The van der Waals surface area contributed by atoms with Crippen LogP contribution in [0.4, 0.5) is 22.7 Å². The first-order valence-electron chi connectivity index (χ1n) is 11.8. The first-order valence-corrected chi connectivity index (χ1v) is 11.8. The van der Waals surface area contributed by atoms with E-state index in [1.54, 1.807) is 0 Å². The second-order valence-electron chi connectivity index (χ2n) is 8.58. The molecule has 6 aromatic rings. The normalized spacial score (nSPS) is 11.0. The maximum atomic E-state index is 6.56. The molecule has 0 unspecified atom stereocenters. The van der Waals surface area contributed by atoms with Crippen LogP contribution in [0.3, 0.4) is 0 Å². The summed E-state index contributed by atoms with van der Waals surface area (Å²) in [5.74, 6) is 0. The lowest BCUT2D eigenvalue weighted by Gasteiger charge is -2.31. The van der Waals surface area contributed by atoms with E-state index in [0.29, 0.717) is 5.69 Å². The van der Waals surface area contributed by atoms with Gasteiger partial charge in [-0.3, -0.25) is 10.4 Å². The number of nitrogens with two attached hydrogens (primary N) is 1. The minimum Gasteiger partial charge on any atom is -0.397 e. The Bertz CT molecular complexity index is 1630. The summed E-state index contributed by atoms with van der Waals surface area (Å²) in [7, 11) is 0. The summed E-state index contributed by atoms with van der Waals surface area (Å²) in [5, 5.41) is 6.72. The Kier molecular flexibility index (Phi) is 5.28. The van der Waals surface area contributed by atoms with Gasteiger partial charge in [-0.15, -0.1) is 0 Å². The highest BCUT2D eigenvalue weighted by Gasteiger charge is 2.19. The van der Waals surface area contributed by atoms with E-state index >= 15 is 0 Å². The fraction of sp³-hybridized carbons (Fsp3) is 0. The van der Waals surface area contributed by atoms with Crippen LogP contribution in [0.2, 0.25) is 0 Å². The van der Waals surface area contributed by atoms with Crippen LogP contribution in [0.1, 0.15) is 0 Å². The van der Waals surface area contributed by atoms with Crippen molar-refractivity contribution < 1.29 is 0 Å². The van der Waals surface area contributed by atoms with Crippen molar-refractivity contribution >= 4 is 44.3 Å². The Morgan fingerprint density at radius 3 is 1.91 bits per heavy atom. The van der Waals surface area contributed by atoms with E-state index in [4.69, 9.17) is 5.73 Å². The monoisotopic (exact) mass is 451 g/mol. The van der Waals surface area contributed by atoms with Crippen molar-refractivity contribution in [2.24, 2.45) is 0 Å². The molecule has 3 heteroatoms. The lowest BCUT2D eigenvalue weighted by molar-refractivity contribution is 1.18. The minimum absolute atomic E-state index is 0.700. The van der Waals surface area contributed by atoms with Gasteiger partial charge < -0.3 is 5.73 Å². The summed E-state index contributed by atoms with van der Waals surface area (Å²) in [4.78, 5) is 0. The van der Waals surface area contributed by atoms with Crippen LogP contribution in [0.5, 0.6) is 0 Å². The zero-order chi connectivity index (χ0) is 23.6. The molecular weight excluding hydrogens is 426 g/mol. The number of nitrogens with one attached hydrogen (secondary N) is 1. The maximum absolute atomic E-state index is 6.56. The Labute approximate surface area is 205 Å². The molecular formula is C32H25N3. The molecule has 6 rings (SSSR count). The molecule has 0 aliphatic carbocycles. The van der Waals surface area contributed by atoms with Crippen molar-refractivity contribution in [2.75, 3.05) is 16.2 Å². The van der Waals surface area contributed by atoms with Gasteiger partial charge >= 0.3 is 0 Å². The number of hydrogen-bond acceptors (Lipinski definition) is 3. The van der Waals surface area contributed by atoms with Crippen LogP contribution in [-0.4, -0.2) is 0 Å². The lowest BCUT2D eigenvalue weighted by Crippen LogP contribution is -2.26. The van der Waals surface area contributed by atoms with Gasteiger partial charge in [-0.05, 0) is 34.5 Å². The topological polar surface area (TPSA) is 41.3 Å². The van der Waals surface area contributed by atoms with Gasteiger partial charge in [0.1, 0.15) is 0 Å². The van der Waals surface area contributed by atoms with Crippen molar-refractivity contribution in [3.63, 3.8) is 0 Å². The third-order valence-corrected chi connectivity index (χ3v) is 6.42. The fourth-order valence-electron chi connectivity index (χ4n) is 4.71. The fourth-order valence-corrected chi connectivity index (χ4v) is 4.71. The molecule has 35 heavy (non-hydrogen) atoms. The molecule has 0 bridgehead atoms. The first kappa shape index (κ1) is 20.8. The molecule has 0 aliphatic rings. The highest BCUT2D eigenvalue weighted by atomic mass is 15.5. The summed E-state index contributed by atoms with van der Waals surface area (Å²) in [6, 6.07) is 46.2. The highest BCUT2D eigenvalue weighted by Crippen LogP contribution is 2.40. The van der Waals surface area contributed by atoms with Crippen molar-refractivity contribution in [1.29, 1.82) is 0 Å². The quantitative estimate of drug-likeness (QED) is 0.204. The zero-order valence-electron chi connectivity index (χ0n) is 19.2. The van der Waals surface area contributed by atoms with E-state index in [2.05, 4.69) is 126 Å². The van der Waals surface area contributed by atoms with E-state index in [9.17, 15) is 0 Å². The van der Waals surface area contributed by atoms with Crippen LogP contribution in [0, 0.1) is 0 Å². The molecule has 3 N–H and O–H groups in total. The van der Waals surface area contributed by atoms with Crippen LogP contribution < -0.4 is 16.2 Å². The molecule has 0 saturated heterocycles. The number of anilines is 4. The van der Waals surface area contributed by atoms with Gasteiger partial charge in [0.25, 0.3) is 0 Å². The van der Waals surface area contributed by atoms with Crippen molar-refractivity contribution in [3.05, 3.63) is 133 Å². The van der Waals surface area contributed by atoms with Gasteiger partial charge in [0.2, 0.25) is 0 Å². The highest BCUT2D eigenvalue weighted by molar-refractivity contribution is 6.03. The van der Waals surface area contributed by atoms with Gasteiger partial charge in [-0.25, -0.2) is 0 Å². The van der Waals surface area contributed by atoms with E-state index < -0.39 is 0 Å². The van der Waals surface area contributed by atoms with Crippen molar-refractivity contribution in [2.45, 2.75) is 0 Å². The summed E-state index contributed by atoms with van der Waals surface area (Å²) < 4.78 is 0. The summed E-state index contributed by atoms with van der Waals surface area (Å²) >= 11 is 0. The Morgan fingerprint density at radius 2 is 1.09 bits per heavy atom. The van der Waals surface area contributed by atoms with Gasteiger partial charge in [0.15, 0.2) is 0 Å². The Hall–Kier alpha value is -4.76. The van der Waals surface area contributed by atoms with Gasteiger partial charge in [0.05, 0.1) is 22.7 Å². The molecule has 168 valence electrons. The molecule has 0 aliphatic heterocycles. The van der Waals surface area contributed by atoms with E-state index in [1.807, 2.05) is 18.2 Å². The second-order valence-corrected chi connectivity index (χ2v) is 8.58. The first-order chi connectivity index (χ1) is 17.3. The predicted molar refractivity (Wildman–Crippen MR) is 150 cm³/mol. The van der Waals surface area contributed by atoms with Gasteiger partial charge in [0, 0.05) is 16.3 Å². The van der Waals surface area contributed by atoms with Crippen molar-refractivity contribution in [1.82, 2.24) is 0 Å².